The summed E-state index contributed by atoms with van der Waals surface area (Å²) in [7, 11) is -7.37. The predicted molar refractivity (Wildman–Crippen MR) is 195 cm³/mol. The van der Waals surface area contributed by atoms with E-state index in [1.165, 1.54) is 17.7 Å². The highest BCUT2D eigenvalue weighted by molar-refractivity contribution is 7.93. The Balaban J connectivity index is 0.873. The van der Waals surface area contributed by atoms with Crippen LogP contribution in [0.4, 0.5) is 0 Å². The second-order valence-corrected chi connectivity index (χ2v) is 18.9. The van der Waals surface area contributed by atoms with E-state index < -0.39 is 42.9 Å². The summed E-state index contributed by atoms with van der Waals surface area (Å²) in [5.41, 5.74) is 2.63. The Morgan fingerprint density at radius 2 is 1.58 bits per heavy atom. The molecule has 3 N–H and O–H groups in total. The molecule has 3 saturated heterocycles. The largest absolute Gasteiger partial charge is 0.491 e. The van der Waals surface area contributed by atoms with Crippen molar-refractivity contribution in [3.63, 3.8) is 0 Å². The van der Waals surface area contributed by atoms with Crippen LogP contribution < -0.4 is 10.1 Å². The van der Waals surface area contributed by atoms with Gasteiger partial charge in [0.1, 0.15) is 18.5 Å². The third kappa shape index (κ3) is 8.10. The molecule has 7 rings (SSSR count). The van der Waals surface area contributed by atoms with Crippen LogP contribution in [0.1, 0.15) is 37.7 Å². The van der Waals surface area contributed by atoms with Gasteiger partial charge in [0.25, 0.3) is 0 Å². The van der Waals surface area contributed by atoms with E-state index in [-0.39, 0.29) is 29.0 Å². The van der Waals surface area contributed by atoms with Crippen molar-refractivity contribution in [3.05, 3.63) is 78.4 Å². The Kier molecular flexibility index (Phi) is 11.1. The molecule has 0 radical (unpaired) electrons. The highest BCUT2D eigenvalue weighted by Gasteiger charge is 2.54. The summed E-state index contributed by atoms with van der Waals surface area (Å²) in [6.45, 7) is 5.23. The van der Waals surface area contributed by atoms with Gasteiger partial charge in [0.2, 0.25) is 10.0 Å². The number of benzene rings is 3. The van der Waals surface area contributed by atoms with E-state index in [1.807, 2.05) is 6.07 Å². The van der Waals surface area contributed by atoms with Gasteiger partial charge in [0.15, 0.2) is 9.84 Å². The Morgan fingerprint density at radius 1 is 0.865 bits per heavy atom. The molecule has 1 saturated carbocycles. The van der Waals surface area contributed by atoms with E-state index in [4.69, 9.17) is 14.2 Å². The first-order valence-electron chi connectivity index (χ1n) is 18.1. The van der Waals surface area contributed by atoms with Crippen LogP contribution in [0.15, 0.2) is 82.6 Å². The quantitative estimate of drug-likeness (QED) is 0.223. The highest BCUT2D eigenvalue weighted by Crippen LogP contribution is 2.46. The molecule has 0 bridgehead atoms. The Labute approximate surface area is 306 Å². The second kappa shape index (κ2) is 15.4. The predicted octanol–water partition coefficient (Wildman–Crippen LogP) is 2.83. The number of aliphatic hydroxyl groups excluding tert-OH is 2. The minimum Gasteiger partial charge on any atom is -0.491 e. The number of sulfonamides is 1. The fourth-order valence-corrected chi connectivity index (χ4v) is 10.8. The molecule has 3 aromatic carbocycles. The van der Waals surface area contributed by atoms with Crippen LogP contribution in [-0.4, -0.2) is 125 Å². The van der Waals surface area contributed by atoms with Crippen LogP contribution >= 0.6 is 0 Å². The average Bonchev–Trinajstić information content (AvgIpc) is 3.90. The smallest absolute Gasteiger partial charge is 0.243 e. The van der Waals surface area contributed by atoms with Gasteiger partial charge in [-0.25, -0.2) is 16.8 Å². The molecule has 52 heavy (non-hydrogen) atoms. The summed E-state index contributed by atoms with van der Waals surface area (Å²) in [5, 5.41) is 23.6. The average molecular weight is 756 g/mol. The first-order chi connectivity index (χ1) is 25.0. The van der Waals surface area contributed by atoms with Gasteiger partial charge in [0.05, 0.1) is 46.6 Å². The molecule has 1 unspecified atom stereocenters. The summed E-state index contributed by atoms with van der Waals surface area (Å²) in [6, 6.07) is 21.7. The van der Waals surface area contributed by atoms with E-state index >= 15 is 0 Å². The summed E-state index contributed by atoms with van der Waals surface area (Å²) < 4.78 is 71.3. The molecule has 3 heterocycles. The molecule has 3 aromatic rings. The van der Waals surface area contributed by atoms with Crippen molar-refractivity contribution >= 4 is 19.9 Å². The molecule has 2 atom stereocenters. The van der Waals surface area contributed by atoms with Crippen LogP contribution in [0.2, 0.25) is 0 Å². The van der Waals surface area contributed by atoms with Crippen molar-refractivity contribution in [2.24, 2.45) is 0 Å². The maximum Gasteiger partial charge on any atom is 0.243 e. The maximum atomic E-state index is 13.8. The SMILES string of the molecule is O=S(=O)(c1cccc(-c2ccc(CN3CCOCC3)cc2)c1)N1CCC2(CC1)C[C@@H](NCC(O)COc1cccc(S(=O)(=O)C3(CO)CC3)c1)CO2. The summed E-state index contributed by atoms with van der Waals surface area (Å²) in [4.78, 5) is 2.76. The van der Waals surface area contributed by atoms with Crippen LogP contribution in [0.5, 0.6) is 5.75 Å². The van der Waals surface area contributed by atoms with Gasteiger partial charge in [0, 0.05) is 45.3 Å². The molecule has 4 aliphatic rings. The standard InChI is InChI=1S/C38H49N3O9S2/c42-28-38(11-12-38)51(44,45)35-5-2-4-34(22-35)49-27-33(43)24-39-32-23-37(50-26-32)13-15-41(16-14-37)52(46,47)36-6-1-3-31(21-36)30-9-7-29(8-10-30)25-40-17-19-48-20-18-40/h1-10,21-22,32-33,39,42-43H,11-20,23-28H2/t32-,33?/m1/s1. The van der Waals surface area contributed by atoms with Gasteiger partial charge in [-0.2, -0.15) is 4.31 Å². The number of piperidine rings is 1. The molecular formula is C38H49N3O9S2. The lowest BCUT2D eigenvalue weighted by molar-refractivity contribution is -0.0312. The van der Waals surface area contributed by atoms with Gasteiger partial charge >= 0.3 is 0 Å². The van der Waals surface area contributed by atoms with E-state index in [0.29, 0.717) is 57.6 Å². The molecule has 4 fully saturated rings. The number of aliphatic hydroxyl groups is 2. The zero-order chi connectivity index (χ0) is 36.4. The van der Waals surface area contributed by atoms with Crippen molar-refractivity contribution < 1.29 is 41.3 Å². The Morgan fingerprint density at radius 3 is 2.29 bits per heavy atom. The molecule has 3 aliphatic heterocycles. The van der Waals surface area contributed by atoms with Crippen LogP contribution in [0.25, 0.3) is 11.1 Å². The number of rotatable bonds is 14. The minimum atomic E-state index is -3.69. The fraction of sp³-hybridized carbons (Fsp3) is 0.526. The molecule has 0 aromatic heterocycles. The number of hydrogen-bond donors (Lipinski definition) is 3. The fourth-order valence-electron chi connectivity index (χ4n) is 7.45. The lowest BCUT2D eigenvalue weighted by Gasteiger charge is -2.38. The van der Waals surface area contributed by atoms with Crippen molar-refractivity contribution in [3.8, 4) is 16.9 Å². The molecule has 1 spiro atoms. The first-order valence-corrected chi connectivity index (χ1v) is 21.1. The third-order valence-electron chi connectivity index (χ3n) is 11.0. The normalized spacial score (nSPS) is 22.7. The zero-order valence-corrected chi connectivity index (χ0v) is 31.0. The number of morpholine rings is 1. The van der Waals surface area contributed by atoms with E-state index in [9.17, 15) is 27.0 Å². The molecular weight excluding hydrogens is 707 g/mol. The molecule has 282 valence electrons. The van der Waals surface area contributed by atoms with Gasteiger partial charge in [-0.15, -0.1) is 0 Å². The first kappa shape index (κ1) is 37.4. The van der Waals surface area contributed by atoms with Crippen molar-refractivity contribution in [2.75, 3.05) is 65.8 Å². The van der Waals surface area contributed by atoms with Crippen molar-refractivity contribution in [2.45, 2.75) is 70.9 Å². The molecule has 12 nitrogen and oxygen atoms in total. The number of ether oxygens (including phenoxy) is 3. The van der Waals surface area contributed by atoms with Gasteiger partial charge in [-0.3, -0.25) is 4.90 Å². The molecule has 0 amide bonds. The van der Waals surface area contributed by atoms with Crippen LogP contribution in [0, 0.1) is 0 Å². The van der Waals surface area contributed by atoms with Crippen molar-refractivity contribution in [1.82, 2.24) is 14.5 Å². The van der Waals surface area contributed by atoms with Crippen LogP contribution in [0.3, 0.4) is 0 Å². The third-order valence-corrected chi connectivity index (χ3v) is 15.4. The lowest BCUT2D eigenvalue weighted by atomic mass is 9.88. The number of sulfone groups is 1. The minimum absolute atomic E-state index is 0.00331. The second-order valence-electron chi connectivity index (χ2n) is 14.6. The Bertz CT molecular complexity index is 1910. The van der Waals surface area contributed by atoms with Crippen molar-refractivity contribution in [1.29, 1.82) is 0 Å². The Hall–Kier alpha value is -2.92. The summed E-state index contributed by atoms with van der Waals surface area (Å²) in [5.74, 6) is 0.333. The monoisotopic (exact) mass is 755 g/mol. The molecule has 14 heteroatoms. The topological polar surface area (TPSA) is 155 Å². The van der Waals surface area contributed by atoms with E-state index in [1.54, 1.807) is 34.6 Å². The zero-order valence-electron chi connectivity index (χ0n) is 29.4. The number of nitrogens with zero attached hydrogens (tertiary/aromatic N) is 2. The van der Waals surface area contributed by atoms with E-state index in [0.717, 1.165) is 44.0 Å². The van der Waals surface area contributed by atoms with Crippen LogP contribution in [-0.2, 0) is 35.9 Å². The van der Waals surface area contributed by atoms with Gasteiger partial charge in [-0.05, 0) is 79.1 Å². The maximum absolute atomic E-state index is 13.8. The molecule has 1 aliphatic carbocycles. The lowest BCUT2D eigenvalue weighted by Crippen LogP contribution is -2.47. The number of hydrogen-bond acceptors (Lipinski definition) is 11. The summed E-state index contributed by atoms with van der Waals surface area (Å²) in [6.07, 6.45) is 1.89. The van der Waals surface area contributed by atoms with Gasteiger partial charge < -0.3 is 29.7 Å². The number of nitrogens with one attached hydrogen (secondary N) is 1. The van der Waals surface area contributed by atoms with Gasteiger partial charge in [-0.1, -0.05) is 42.5 Å². The highest BCUT2D eigenvalue weighted by atomic mass is 32.2. The van der Waals surface area contributed by atoms with E-state index in [2.05, 4.69) is 34.5 Å². The summed E-state index contributed by atoms with van der Waals surface area (Å²) >= 11 is 0.